The van der Waals surface area contributed by atoms with Crippen molar-refractivity contribution < 1.29 is 14.7 Å². The molecule has 1 fully saturated rings. The molecule has 1 amide bonds. The van der Waals surface area contributed by atoms with Gasteiger partial charge in [0.1, 0.15) is 5.65 Å². The number of pyridine rings is 1. The first-order chi connectivity index (χ1) is 10.1. The van der Waals surface area contributed by atoms with Crippen molar-refractivity contribution >= 4 is 17.5 Å². The predicted octanol–water partition coefficient (Wildman–Crippen LogP) is 1.20. The Labute approximate surface area is 122 Å². The molecule has 0 spiro atoms. The lowest BCUT2D eigenvalue weighted by atomic mass is 10.1. The normalized spacial score (nSPS) is 18.3. The van der Waals surface area contributed by atoms with Crippen molar-refractivity contribution in [2.24, 2.45) is 5.92 Å². The van der Waals surface area contributed by atoms with Crippen molar-refractivity contribution in [3.63, 3.8) is 0 Å². The number of amides is 1. The lowest BCUT2D eigenvalue weighted by Crippen LogP contribution is -2.30. The third-order valence-electron chi connectivity index (χ3n) is 3.85. The first kappa shape index (κ1) is 13.6. The summed E-state index contributed by atoms with van der Waals surface area (Å²) in [4.78, 5) is 29.1. The summed E-state index contributed by atoms with van der Waals surface area (Å²) in [6.45, 7) is 1.18. The van der Waals surface area contributed by atoms with E-state index in [-0.39, 0.29) is 24.7 Å². The van der Waals surface area contributed by atoms with Crippen molar-refractivity contribution in [3.8, 4) is 0 Å². The zero-order valence-corrected chi connectivity index (χ0v) is 11.6. The number of hydrogen-bond acceptors (Lipinski definition) is 3. The first-order valence-electron chi connectivity index (χ1n) is 7.04. The van der Waals surface area contributed by atoms with Gasteiger partial charge in [0.25, 0.3) is 0 Å². The van der Waals surface area contributed by atoms with Gasteiger partial charge in [0.15, 0.2) is 0 Å². The van der Waals surface area contributed by atoms with Crippen molar-refractivity contribution in [1.29, 1.82) is 0 Å². The van der Waals surface area contributed by atoms with Crippen molar-refractivity contribution in [2.75, 3.05) is 13.1 Å². The number of carbonyl (C=O) groups is 2. The molecule has 1 atom stereocenters. The molecule has 1 aliphatic heterocycles. The molecule has 0 aromatic carbocycles. The molecular weight excluding hydrogens is 270 g/mol. The molecule has 3 heterocycles. The average molecular weight is 287 g/mol. The third-order valence-corrected chi connectivity index (χ3v) is 3.85. The van der Waals surface area contributed by atoms with Crippen LogP contribution in [0.4, 0.5) is 0 Å². The topological polar surface area (TPSA) is 74.9 Å². The Morgan fingerprint density at radius 2 is 2.24 bits per heavy atom. The summed E-state index contributed by atoms with van der Waals surface area (Å²) in [7, 11) is 0. The Morgan fingerprint density at radius 1 is 1.38 bits per heavy atom. The largest absolute Gasteiger partial charge is 0.481 e. The summed E-state index contributed by atoms with van der Waals surface area (Å²) in [6.07, 6.45) is 4.93. The molecule has 110 valence electrons. The van der Waals surface area contributed by atoms with Crippen LogP contribution < -0.4 is 0 Å². The molecule has 3 rings (SSSR count). The minimum Gasteiger partial charge on any atom is -0.481 e. The Balaban J connectivity index is 1.62. The highest BCUT2D eigenvalue weighted by atomic mass is 16.4. The van der Waals surface area contributed by atoms with Crippen molar-refractivity contribution in [1.82, 2.24) is 14.3 Å². The number of hydrogen-bond donors (Lipinski definition) is 1. The summed E-state index contributed by atoms with van der Waals surface area (Å²) >= 11 is 0. The number of likely N-dealkylation sites (tertiary alicyclic amines) is 1. The van der Waals surface area contributed by atoms with Gasteiger partial charge in [-0.25, -0.2) is 4.98 Å². The van der Waals surface area contributed by atoms with Crippen LogP contribution in [0.2, 0.25) is 0 Å². The maximum absolute atomic E-state index is 12.3. The van der Waals surface area contributed by atoms with E-state index in [1.807, 2.05) is 35.0 Å². The molecular formula is C15H17N3O3. The Bertz CT molecular complexity index is 647. The quantitative estimate of drug-likeness (QED) is 0.917. The van der Waals surface area contributed by atoms with E-state index in [2.05, 4.69) is 4.98 Å². The maximum Gasteiger partial charge on any atom is 0.303 e. The van der Waals surface area contributed by atoms with Gasteiger partial charge in [-0.3, -0.25) is 9.59 Å². The van der Waals surface area contributed by atoms with Gasteiger partial charge in [0, 0.05) is 31.9 Å². The number of rotatable bonds is 4. The smallest absolute Gasteiger partial charge is 0.303 e. The van der Waals surface area contributed by atoms with Gasteiger partial charge >= 0.3 is 5.97 Å². The van der Waals surface area contributed by atoms with Gasteiger partial charge in [-0.05, 0) is 24.5 Å². The third kappa shape index (κ3) is 3.04. The molecule has 6 nitrogen and oxygen atoms in total. The molecule has 0 bridgehead atoms. The fourth-order valence-electron chi connectivity index (χ4n) is 2.81. The highest BCUT2D eigenvalue weighted by Crippen LogP contribution is 2.20. The molecule has 1 aliphatic rings. The summed E-state index contributed by atoms with van der Waals surface area (Å²) < 4.78 is 1.89. The van der Waals surface area contributed by atoms with Crippen LogP contribution in [-0.2, 0) is 16.0 Å². The maximum atomic E-state index is 12.3. The summed E-state index contributed by atoms with van der Waals surface area (Å²) in [5, 5.41) is 8.80. The minimum atomic E-state index is -0.797. The van der Waals surface area contributed by atoms with Gasteiger partial charge in [-0.2, -0.15) is 0 Å². The molecule has 1 saturated heterocycles. The second kappa shape index (κ2) is 5.55. The van der Waals surface area contributed by atoms with E-state index in [0.29, 0.717) is 13.1 Å². The average Bonchev–Trinajstić information content (AvgIpc) is 3.03. The zero-order chi connectivity index (χ0) is 14.8. The fourth-order valence-corrected chi connectivity index (χ4v) is 2.81. The van der Waals surface area contributed by atoms with Crippen molar-refractivity contribution in [2.45, 2.75) is 19.3 Å². The highest BCUT2D eigenvalue weighted by Gasteiger charge is 2.27. The van der Waals surface area contributed by atoms with Crippen LogP contribution in [0.3, 0.4) is 0 Å². The molecule has 0 radical (unpaired) electrons. The number of aromatic nitrogens is 2. The minimum absolute atomic E-state index is 0.0197. The Hall–Kier alpha value is -2.37. The Kier molecular flexibility index (Phi) is 3.60. The van der Waals surface area contributed by atoms with E-state index in [9.17, 15) is 9.59 Å². The van der Waals surface area contributed by atoms with Crippen LogP contribution in [0.1, 0.15) is 18.5 Å². The molecule has 1 unspecified atom stereocenters. The van der Waals surface area contributed by atoms with E-state index in [4.69, 9.17) is 5.11 Å². The van der Waals surface area contributed by atoms with Gasteiger partial charge in [-0.15, -0.1) is 0 Å². The predicted molar refractivity (Wildman–Crippen MR) is 75.8 cm³/mol. The van der Waals surface area contributed by atoms with Gasteiger partial charge in [0.2, 0.25) is 5.91 Å². The molecule has 2 aromatic rings. The van der Waals surface area contributed by atoms with Crippen LogP contribution in [-0.4, -0.2) is 44.4 Å². The molecule has 21 heavy (non-hydrogen) atoms. The number of imidazole rings is 1. The number of nitrogens with zero attached hydrogens (tertiary/aromatic N) is 3. The van der Waals surface area contributed by atoms with Crippen LogP contribution in [0, 0.1) is 5.92 Å². The second-order valence-corrected chi connectivity index (χ2v) is 5.47. The van der Waals surface area contributed by atoms with Crippen LogP contribution >= 0.6 is 0 Å². The van der Waals surface area contributed by atoms with E-state index in [1.54, 1.807) is 4.90 Å². The monoisotopic (exact) mass is 287 g/mol. The first-order valence-corrected chi connectivity index (χ1v) is 7.04. The summed E-state index contributed by atoms with van der Waals surface area (Å²) in [5.41, 5.74) is 1.57. The van der Waals surface area contributed by atoms with E-state index < -0.39 is 5.97 Å². The molecule has 0 saturated carbocycles. The summed E-state index contributed by atoms with van der Waals surface area (Å²) in [5.74, 6) is -0.700. The lowest BCUT2D eigenvalue weighted by molar-refractivity contribution is -0.138. The SMILES string of the molecule is O=C(O)CC1CCN(C(=O)Cc2cn3ccccc3n2)C1. The van der Waals surface area contributed by atoms with E-state index in [1.165, 1.54) is 0 Å². The van der Waals surface area contributed by atoms with Gasteiger partial charge in [0.05, 0.1) is 12.1 Å². The van der Waals surface area contributed by atoms with Gasteiger partial charge in [-0.1, -0.05) is 6.07 Å². The van der Waals surface area contributed by atoms with E-state index in [0.717, 1.165) is 17.8 Å². The van der Waals surface area contributed by atoms with Crippen molar-refractivity contribution in [3.05, 3.63) is 36.3 Å². The number of carbonyl (C=O) groups excluding carboxylic acids is 1. The number of carboxylic acids is 1. The second-order valence-electron chi connectivity index (χ2n) is 5.47. The Morgan fingerprint density at radius 3 is 3.00 bits per heavy atom. The molecule has 2 aromatic heterocycles. The van der Waals surface area contributed by atoms with Crippen LogP contribution in [0.5, 0.6) is 0 Å². The number of carboxylic acid groups (broad SMARTS) is 1. The zero-order valence-electron chi connectivity index (χ0n) is 11.6. The number of fused-ring (bicyclic) bond motifs is 1. The standard InChI is InChI=1S/C15H17N3O3/c19-14(18-6-4-11(9-18)7-15(20)21)8-12-10-17-5-2-1-3-13(17)16-12/h1-3,5,10-11H,4,6-9H2,(H,20,21). The molecule has 0 aliphatic carbocycles. The van der Waals surface area contributed by atoms with E-state index >= 15 is 0 Å². The summed E-state index contributed by atoms with van der Waals surface area (Å²) in [6, 6.07) is 5.72. The van der Waals surface area contributed by atoms with Crippen LogP contribution in [0.25, 0.3) is 5.65 Å². The molecule has 1 N–H and O–H groups in total. The number of aliphatic carboxylic acids is 1. The lowest BCUT2D eigenvalue weighted by Gasteiger charge is -2.15. The fraction of sp³-hybridized carbons (Fsp3) is 0.400. The molecule has 6 heteroatoms. The van der Waals surface area contributed by atoms with Crippen LogP contribution in [0.15, 0.2) is 30.6 Å². The highest BCUT2D eigenvalue weighted by molar-refractivity contribution is 5.79. The van der Waals surface area contributed by atoms with Gasteiger partial charge < -0.3 is 14.4 Å².